The van der Waals surface area contributed by atoms with Crippen molar-refractivity contribution in [1.82, 2.24) is 20.1 Å². The number of hydrogen-bond acceptors (Lipinski definition) is 6. The van der Waals surface area contributed by atoms with Gasteiger partial charge in [-0.1, -0.05) is 13.8 Å². The van der Waals surface area contributed by atoms with Crippen molar-refractivity contribution in [2.45, 2.75) is 39.2 Å². The zero-order valence-corrected chi connectivity index (χ0v) is 16.3. The Balaban J connectivity index is 1.62. The molecule has 1 atom stereocenters. The molecule has 8 heteroatoms. The van der Waals surface area contributed by atoms with Gasteiger partial charge in [-0.3, -0.25) is 9.78 Å². The first-order chi connectivity index (χ1) is 13.4. The number of pyridine rings is 1. The third kappa shape index (κ3) is 4.25. The van der Waals surface area contributed by atoms with Crippen molar-refractivity contribution in [3.8, 4) is 6.07 Å². The number of piperazine rings is 1. The molecule has 1 aliphatic rings. The monoisotopic (exact) mass is 382 g/mol. The van der Waals surface area contributed by atoms with Crippen molar-refractivity contribution >= 4 is 11.7 Å². The van der Waals surface area contributed by atoms with Crippen molar-refractivity contribution < 1.29 is 9.18 Å². The maximum atomic E-state index is 14.1. The number of anilines is 1. The lowest BCUT2D eigenvalue weighted by atomic mass is 10.1. The Labute approximate surface area is 163 Å². The molecule has 1 amide bonds. The predicted molar refractivity (Wildman–Crippen MR) is 102 cm³/mol. The molecule has 2 aromatic heterocycles. The molecule has 3 rings (SSSR count). The maximum absolute atomic E-state index is 14.1. The van der Waals surface area contributed by atoms with Crippen LogP contribution in [0, 0.1) is 17.1 Å². The van der Waals surface area contributed by atoms with E-state index in [0.29, 0.717) is 36.7 Å². The summed E-state index contributed by atoms with van der Waals surface area (Å²) in [5.41, 5.74) is 1.27. The summed E-state index contributed by atoms with van der Waals surface area (Å²) in [6, 6.07) is 6.81. The Morgan fingerprint density at radius 2 is 2.14 bits per heavy atom. The minimum Gasteiger partial charge on any atom is -0.349 e. The van der Waals surface area contributed by atoms with Gasteiger partial charge in [0.15, 0.2) is 11.5 Å². The van der Waals surface area contributed by atoms with Crippen LogP contribution >= 0.6 is 0 Å². The van der Waals surface area contributed by atoms with Gasteiger partial charge in [-0.15, -0.1) is 10.2 Å². The van der Waals surface area contributed by atoms with Gasteiger partial charge in [0, 0.05) is 31.9 Å². The first-order valence-electron chi connectivity index (χ1n) is 9.31. The van der Waals surface area contributed by atoms with Crippen LogP contribution in [-0.4, -0.2) is 51.7 Å². The van der Waals surface area contributed by atoms with Crippen molar-refractivity contribution in [3.63, 3.8) is 0 Å². The lowest BCUT2D eigenvalue weighted by Crippen LogP contribution is -2.54. The number of rotatable bonds is 4. The minimum atomic E-state index is -0.363. The molecule has 0 saturated carbocycles. The lowest BCUT2D eigenvalue weighted by Gasteiger charge is -2.40. The zero-order valence-electron chi connectivity index (χ0n) is 16.3. The van der Waals surface area contributed by atoms with Gasteiger partial charge in [0.05, 0.1) is 12.1 Å². The minimum absolute atomic E-state index is 0.00371. The molecule has 0 aromatic carbocycles. The van der Waals surface area contributed by atoms with E-state index in [1.165, 1.54) is 6.07 Å². The molecule has 1 fully saturated rings. The normalized spacial score (nSPS) is 16.9. The van der Waals surface area contributed by atoms with Gasteiger partial charge in [-0.2, -0.15) is 5.26 Å². The Hall–Kier alpha value is -3.08. The standard InChI is InChI=1S/C20H23FN6O/c1-13(2)20-17(21)8-15(11-23-20)9-19(28)26-6-7-27(14(3)12-26)18-5-4-16(10-22)24-25-18/h4-5,8,11,13-14H,6-7,9,12H2,1-3H3/t14-/m0/s1. The molecule has 0 radical (unpaired) electrons. The van der Waals surface area contributed by atoms with Crippen LogP contribution in [0.15, 0.2) is 24.4 Å². The average molecular weight is 382 g/mol. The Morgan fingerprint density at radius 1 is 1.36 bits per heavy atom. The van der Waals surface area contributed by atoms with E-state index in [9.17, 15) is 9.18 Å². The first-order valence-corrected chi connectivity index (χ1v) is 9.31. The van der Waals surface area contributed by atoms with E-state index < -0.39 is 0 Å². The fourth-order valence-corrected chi connectivity index (χ4v) is 3.36. The van der Waals surface area contributed by atoms with Crippen molar-refractivity contribution in [3.05, 3.63) is 47.2 Å². The van der Waals surface area contributed by atoms with E-state index in [0.717, 1.165) is 0 Å². The number of carbonyl (C=O) groups excluding carboxylic acids is 1. The van der Waals surface area contributed by atoms with Crippen LogP contribution in [0.1, 0.15) is 43.6 Å². The fourth-order valence-electron chi connectivity index (χ4n) is 3.36. The molecule has 0 N–H and O–H groups in total. The summed E-state index contributed by atoms with van der Waals surface area (Å²) in [6.07, 6.45) is 1.72. The Kier molecular flexibility index (Phi) is 5.83. The topological polar surface area (TPSA) is 86.0 Å². The molecular weight excluding hydrogens is 359 g/mol. The predicted octanol–water partition coefficient (Wildman–Crippen LogP) is 2.29. The Bertz CT molecular complexity index is 893. The smallest absolute Gasteiger partial charge is 0.227 e. The highest BCUT2D eigenvalue weighted by Gasteiger charge is 2.28. The molecule has 1 saturated heterocycles. The maximum Gasteiger partial charge on any atom is 0.227 e. The number of halogens is 1. The molecule has 146 valence electrons. The number of aromatic nitrogens is 3. The van der Waals surface area contributed by atoms with Crippen LogP contribution in [0.3, 0.4) is 0 Å². The van der Waals surface area contributed by atoms with Gasteiger partial charge in [-0.05, 0) is 36.6 Å². The number of hydrogen-bond donors (Lipinski definition) is 0. The average Bonchev–Trinajstić information content (AvgIpc) is 2.67. The highest BCUT2D eigenvalue weighted by Crippen LogP contribution is 2.20. The van der Waals surface area contributed by atoms with E-state index in [2.05, 4.69) is 20.1 Å². The molecule has 28 heavy (non-hydrogen) atoms. The van der Waals surface area contributed by atoms with E-state index >= 15 is 0 Å². The largest absolute Gasteiger partial charge is 0.349 e. The first kappa shape index (κ1) is 19.7. The molecule has 7 nitrogen and oxygen atoms in total. The van der Waals surface area contributed by atoms with Gasteiger partial charge in [0.25, 0.3) is 0 Å². The van der Waals surface area contributed by atoms with Crippen molar-refractivity contribution in [2.24, 2.45) is 0 Å². The van der Waals surface area contributed by atoms with Crippen LogP contribution in [0.4, 0.5) is 10.2 Å². The van der Waals surface area contributed by atoms with Crippen LogP contribution in [0.2, 0.25) is 0 Å². The summed E-state index contributed by atoms with van der Waals surface area (Å²) in [4.78, 5) is 20.7. The van der Waals surface area contributed by atoms with E-state index in [1.807, 2.05) is 26.8 Å². The van der Waals surface area contributed by atoms with Gasteiger partial charge >= 0.3 is 0 Å². The van der Waals surface area contributed by atoms with Gasteiger partial charge in [-0.25, -0.2) is 4.39 Å². The van der Waals surface area contributed by atoms with Crippen LogP contribution in [0.5, 0.6) is 0 Å². The third-order valence-electron chi connectivity index (χ3n) is 4.87. The highest BCUT2D eigenvalue weighted by atomic mass is 19.1. The molecule has 0 bridgehead atoms. The molecule has 0 spiro atoms. The SMILES string of the molecule is CC(C)c1ncc(CC(=O)N2CCN(c3ccc(C#N)nn3)[C@@H](C)C2)cc1F. The highest BCUT2D eigenvalue weighted by molar-refractivity contribution is 5.79. The summed E-state index contributed by atoms with van der Waals surface area (Å²) in [6.45, 7) is 7.49. The zero-order chi connectivity index (χ0) is 20.3. The van der Waals surface area contributed by atoms with E-state index in [-0.39, 0.29) is 35.8 Å². The molecule has 3 heterocycles. The fraction of sp³-hybridized carbons (Fsp3) is 0.450. The summed E-state index contributed by atoms with van der Waals surface area (Å²) in [5.74, 6) is 0.284. The third-order valence-corrected chi connectivity index (χ3v) is 4.87. The number of amides is 1. The molecule has 2 aromatic rings. The van der Waals surface area contributed by atoms with Gasteiger partial charge in [0.1, 0.15) is 11.9 Å². The summed E-state index contributed by atoms with van der Waals surface area (Å²) in [7, 11) is 0. The quantitative estimate of drug-likeness (QED) is 0.806. The van der Waals surface area contributed by atoms with Crippen molar-refractivity contribution in [1.29, 1.82) is 5.26 Å². The van der Waals surface area contributed by atoms with Crippen LogP contribution in [-0.2, 0) is 11.2 Å². The van der Waals surface area contributed by atoms with Gasteiger partial charge < -0.3 is 9.80 Å². The summed E-state index contributed by atoms with van der Waals surface area (Å²) >= 11 is 0. The molecular formula is C20H23FN6O. The molecule has 1 aliphatic heterocycles. The lowest BCUT2D eigenvalue weighted by molar-refractivity contribution is -0.131. The van der Waals surface area contributed by atoms with E-state index in [1.54, 1.807) is 23.2 Å². The number of nitriles is 1. The summed E-state index contributed by atoms with van der Waals surface area (Å²) < 4.78 is 14.1. The second-order valence-electron chi connectivity index (χ2n) is 7.31. The number of carbonyl (C=O) groups is 1. The molecule has 0 unspecified atom stereocenters. The van der Waals surface area contributed by atoms with Crippen LogP contribution in [0.25, 0.3) is 0 Å². The second kappa shape index (κ2) is 8.30. The Morgan fingerprint density at radius 3 is 2.71 bits per heavy atom. The summed E-state index contributed by atoms with van der Waals surface area (Å²) in [5, 5.41) is 16.8. The number of nitrogens with zero attached hydrogens (tertiary/aromatic N) is 6. The molecule has 0 aliphatic carbocycles. The van der Waals surface area contributed by atoms with Crippen molar-refractivity contribution in [2.75, 3.05) is 24.5 Å². The van der Waals surface area contributed by atoms with Gasteiger partial charge in [0.2, 0.25) is 5.91 Å². The van der Waals surface area contributed by atoms with Crippen LogP contribution < -0.4 is 4.90 Å². The second-order valence-corrected chi connectivity index (χ2v) is 7.31. The van der Waals surface area contributed by atoms with E-state index in [4.69, 9.17) is 5.26 Å².